The maximum absolute atomic E-state index is 13.3. The number of aliphatic hydroxyl groups excluding tert-OH is 1. The summed E-state index contributed by atoms with van der Waals surface area (Å²) >= 11 is 1.47. The van der Waals surface area contributed by atoms with Crippen LogP contribution in [0.5, 0.6) is 0 Å². The Labute approximate surface area is 126 Å². The highest BCUT2D eigenvalue weighted by molar-refractivity contribution is 7.10. The first-order valence-corrected chi connectivity index (χ1v) is 7.19. The maximum atomic E-state index is 13.3. The fourth-order valence-corrected chi connectivity index (χ4v) is 2.57. The second-order valence-corrected chi connectivity index (χ2v) is 5.46. The molecule has 0 aliphatic rings. The minimum absolute atomic E-state index is 0.180. The highest BCUT2D eigenvalue weighted by Crippen LogP contribution is 2.14. The largest absolute Gasteiger partial charge is 0.384 e. The molecule has 108 valence electrons. The van der Waals surface area contributed by atoms with Gasteiger partial charge in [-0.2, -0.15) is 0 Å². The number of hydrogen-bond acceptors (Lipinski definition) is 3. The molecule has 21 heavy (non-hydrogen) atoms. The van der Waals surface area contributed by atoms with Crippen molar-refractivity contribution in [3.63, 3.8) is 0 Å². The third kappa shape index (κ3) is 4.42. The van der Waals surface area contributed by atoms with Crippen molar-refractivity contribution < 1.29 is 14.3 Å². The Bertz CT molecular complexity index is 692. The average molecular weight is 303 g/mol. The maximum Gasteiger partial charge on any atom is 0.251 e. The van der Waals surface area contributed by atoms with Gasteiger partial charge in [-0.1, -0.05) is 11.8 Å². The highest BCUT2D eigenvalue weighted by atomic mass is 32.1. The molecule has 5 heteroatoms. The van der Waals surface area contributed by atoms with Gasteiger partial charge in [-0.3, -0.25) is 4.79 Å². The van der Waals surface area contributed by atoms with Crippen molar-refractivity contribution in [2.24, 2.45) is 0 Å². The summed E-state index contributed by atoms with van der Waals surface area (Å²) in [6.45, 7) is 1.92. The Morgan fingerprint density at radius 3 is 2.90 bits per heavy atom. The van der Waals surface area contributed by atoms with Crippen LogP contribution in [0.1, 0.15) is 26.4 Å². The second kappa shape index (κ2) is 7.02. The Hall–Kier alpha value is -2.16. The molecule has 0 spiro atoms. The van der Waals surface area contributed by atoms with Gasteiger partial charge in [0, 0.05) is 21.4 Å². The first-order valence-electron chi connectivity index (χ1n) is 6.31. The van der Waals surface area contributed by atoms with Crippen LogP contribution in [0, 0.1) is 24.6 Å². The standard InChI is InChI=1S/C16H14FNO2S/c1-11-5-13(8-14(17)6-11)16(20)18-9-15-7-12(10-21-15)3-2-4-19/h5-8,10,19H,4,9H2,1H3,(H,18,20). The van der Waals surface area contributed by atoms with Crippen LogP contribution in [0.4, 0.5) is 4.39 Å². The number of rotatable bonds is 3. The second-order valence-electron chi connectivity index (χ2n) is 4.46. The summed E-state index contributed by atoms with van der Waals surface area (Å²) in [4.78, 5) is 12.9. The normalized spacial score (nSPS) is 9.86. The van der Waals surface area contributed by atoms with Crippen molar-refractivity contribution in [3.8, 4) is 11.8 Å². The van der Waals surface area contributed by atoms with Gasteiger partial charge in [-0.25, -0.2) is 4.39 Å². The number of aliphatic hydroxyl groups is 1. The van der Waals surface area contributed by atoms with Crippen LogP contribution in [0.2, 0.25) is 0 Å². The monoisotopic (exact) mass is 303 g/mol. The molecule has 1 heterocycles. The molecule has 0 aliphatic carbocycles. The lowest BCUT2D eigenvalue weighted by molar-refractivity contribution is 0.0950. The average Bonchev–Trinajstić information content (AvgIpc) is 2.89. The summed E-state index contributed by atoms with van der Waals surface area (Å²) in [5, 5.41) is 13.2. The van der Waals surface area contributed by atoms with E-state index in [1.165, 1.54) is 23.5 Å². The van der Waals surface area contributed by atoms with E-state index in [-0.39, 0.29) is 12.5 Å². The van der Waals surface area contributed by atoms with E-state index in [1.54, 1.807) is 13.0 Å². The fraction of sp³-hybridized carbons (Fsp3) is 0.188. The molecule has 2 aromatic rings. The molecular weight excluding hydrogens is 289 g/mol. The molecule has 1 aromatic carbocycles. The number of nitrogens with one attached hydrogen (secondary N) is 1. The molecule has 2 rings (SSSR count). The van der Waals surface area contributed by atoms with Crippen LogP contribution in [-0.4, -0.2) is 17.6 Å². The molecule has 0 unspecified atom stereocenters. The van der Waals surface area contributed by atoms with Gasteiger partial charge in [0.05, 0.1) is 6.54 Å². The number of aryl methyl sites for hydroxylation is 1. The summed E-state index contributed by atoms with van der Waals surface area (Å²) in [5.74, 6) is 4.63. The number of benzene rings is 1. The van der Waals surface area contributed by atoms with Gasteiger partial charge < -0.3 is 10.4 Å². The third-order valence-corrected chi connectivity index (χ3v) is 3.63. The highest BCUT2D eigenvalue weighted by Gasteiger charge is 2.08. The first-order chi connectivity index (χ1) is 10.1. The molecule has 2 N–H and O–H groups in total. The zero-order valence-corrected chi connectivity index (χ0v) is 12.3. The predicted molar refractivity (Wildman–Crippen MR) is 80.6 cm³/mol. The van der Waals surface area contributed by atoms with Crippen molar-refractivity contribution in [2.45, 2.75) is 13.5 Å². The SMILES string of the molecule is Cc1cc(F)cc(C(=O)NCc2cc(C#CCO)cs2)c1. The first kappa shape index (κ1) is 15.2. The zero-order valence-electron chi connectivity index (χ0n) is 11.4. The lowest BCUT2D eigenvalue weighted by atomic mass is 10.1. The molecule has 0 bridgehead atoms. The number of thiophene rings is 1. The predicted octanol–water partition coefficient (Wildman–Crippen LogP) is 2.47. The summed E-state index contributed by atoms with van der Waals surface area (Å²) < 4.78 is 13.3. The van der Waals surface area contributed by atoms with Crippen molar-refractivity contribution >= 4 is 17.2 Å². The topological polar surface area (TPSA) is 49.3 Å². The Morgan fingerprint density at radius 1 is 1.38 bits per heavy atom. The van der Waals surface area contributed by atoms with Gasteiger partial charge in [-0.05, 0) is 36.8 Å². The summed E-state index contributed by atoms with van der Waals surface area (Å²) in [6, 6.07) is 6.09. The van der Waals surface area contributed by atoms with Gasteiger partial charge in [0.25, 0.3) is 5.91 Å². The molecule has 1 amide bonds. The van der Waals surface area contributed by atoms with Gasteiger partial charge in [0.1, 0.15) is 12.4 Å². The van der Waals surface area contributed by atoms with Crippen molar-refractivity contribution in [2.75, 3.05) is 6.61 Å². The van der Waals surface area contributed by atoms with E-state index in [1.807, 2.05) is 11.4 Å². The quantitative estimate of drug-likeness (QED) is 0.856. The van der Waals surface area contributed by atoms with E-state index in [9.17, 15) is 9.18 Å². The van der Waals surface area contributed by atoms with Gasteiger partial charge in [0.2, 0.25) is 0 Å². The molecule has 0 atom stereocenters. The van der Waals surface area contributed by atoms with E-state index in [0.29, 0.717) is 17.7 Å². The van der Waals surface area contributed by atoms with Crippen LogP contribution < -0.4 is 5.32 Å². The number of halogens is 1. The van der Waals surface area contributed by atoms with E-state index < -0.39 is 5.82 Å². The van der Waals surface area contributed by atoms with E-state index in [4.69, 9.17) is 5.11 Å². The number of amides is 1. The van der Waals surface area contributed by atoms with Crippen LogP contribution >= 0.6 is 11.3 Å². The van der Waals surface area contributed by atoms with E-state index in [2.05, 4.69) is 17.2 Å². The molecule has 0 radical (unpaired) electrons. The van der Waals surface area contributed by atoms with Gasteiger partial charge >= 0.3 is 0 Å². The number of carbonyl (C=O) groups is 1. The minimum Gasteiger partial charge on any atom is -0.384 e. The number of carbonyl (C=O) groups excluding carboxylic acids is 1. The van der Waals surface area contributed by atoms with E-state index >= 15 is 0 Å². The van der Waals surface area contributed by atoms with Crippen LogP contribution in [0.25, 0.3) is 0 Å². The summed E-state index contributed by atoms with van der Waals surface area (Å²) in [5.41, 5.74) is 1.82. The van der Waals surface area contributed by atoms with Crippen LogP contribution in [-0.2, 0) is 6.54 Å². The lowest BCUT2D eigenvalue weighted by Gasteiger charge is -2.05. The number of hydrogen-bond donors (Lipinski definition) is 2. The molecular formula is C16H14FNO2S. The molecule has 0 aliphatic heterocycles. The Balaban J connectivity index is 1.99. The molecule has 3 nitrogen and oxygen atoms in total. The van der Waals surface area contributed by atoms with E-state index in [0.717, 1.165) is 10.4 Å². The smallest absolute Gasteiger partial charge is 0.251 e. The fourth-order valence-electron chi connectivity index (χ4n) is 1.82. The molecule has 0 saturated carbocycles. The lowest BCUT2D eigenvalue weighted by Crippen LogP contribution is -2.22. The van der Waals surface area contributed by atoms with Crippen LogP contribution in [0.3, 0.4) is 0 Å². The summed E-state index contributed by atoms with van der Waals surface area (Å²) in [7, 11) is 0. The van der Waals surface area contributed by atoms with Gasteiger partial charge in [-0.15, -0.1) is 11.3 Å². The molecule has 0 fully saturated rings. The van der Waals surface area contributed by atoms with Crippen LogP contribution in [0.15, 0.2) is 29.6 Å². The third-order valence-electron chi connectivity index (χ3n) is 2.69. The van der Waals surface area contributed by atoms with Crippen molar-refractivity contribution in [3.05, 3.63) is 57.0 Å². The zero-order chi connectivity index (χ0) is 15.2. The Morgan fingerprint density at radius 2 is 2.19 bits per heavy atom. The van der Waals surface area contributed by atoms with Crippen molar-refractivity contribution in [1.82, 2.24) is 5.32 Å². The molecule has 1 aromatic heterocycles. The molecule has 0 saturated heterocycles. The Kier molecular flexibility index (Phi) is 5.09. The van der Waals surface area contributed by atoms with Crippen molar-refractivity contribution in [1.29, 1.82) is 0 Å². The summed E-state index contributed by atoms with van der Waals surface area (Å²) in [6.07, 6.45) is 0. The van der Waals surface area contributed by atoms with Gasteiger partial charge in [0.15, 0.2) is 0 Å². The minimum atomic E-state index is -0.419.